The molecule has 1 N–H and O–H groups in total. The molecule has 1 aromatic heterocycles. The van der Waals surface area contributed by atoms with Gasteiger partial charge in [0.15, 0.2) is 0 Å². The Morgan fingerprint density at radius 1 is 1.05 bits per heavy atom. The van der Waals surface area contributed by atoms with Crippen LogP contribution in [0.5, 0.6) is 5.75 Å². The molecule has 210 valence electrons. The van der Waals surface area contributed by atoms with Crippen LogP contribution in [-0.4, -0.2) is 72.2 Å². The van der Waals surface area contributed by atoms with Crippen LogP contribution in [0, 0.1) is 0 Å². The second-order valence-electron chi connectivity index (χ2n) is 12.1. The van der Waals surface area contributed by atoms with E-state index in [-0.39, 0.29) is 24.1 Å². The first kappa shape index (κ1) is 25.9. The molecule has 3 atom stereocenters. The molecule has 7 rings (SSSR count). The van der Waals surface area contributed by atoms with Crippen molar-refractivity contribution in [3.8, 4) is 5.75 Å². The molecular weight excluding hydrogens is 500 g/mol. The number of hydrogen-bond acceptors (Lipinski definition) is 6. The number of fused-ring (bicyclic) bond motifs is 2. The van der Waals surface area contributed by atoms with Gasteiger partial charge in [-0.3, -0.25) is 14.7 Å². The lowest BCUT2D eigenvalue weighted by atomic mass is 9.95. The van der Waals surface area contributed by atoms with Gasteiger partial charge in [0.1, 0.15) is 11.9 Å². The van der Waals surface area contributed by atoms with E-state index in [1.807, 2.05) is 12.1 Å². The second-order valence-corrected chi connectivity index (χ2v) is 12.1. The maximum atomic E-state index is 13.2. The van der Waals surface area contributed by atoms with Crippen LogP contribution in [0.25, 0.3) is 10.9 Å². The normalized spacial score (nSPS) is 26.0. The number of benzene rings is 2. The fraction of sp³-hybridized carbons (Fsp3) is 0.515. The number of hydrogen-bond donors (Lipinski definition) is 1. The summed E-state index contributed by atoms with van der Waals surface area (Å²) < 4.78 is 12.0. The summed E-state index contributed by atoms with van der Waals surface area (Å²) in [7, 11) is 0. The average Bonchev–Trinajstić information content (AvgIpc) is 3.54. The zero-order valence-electron chi connectivity index (χ0n) is 23.5. The lowest BCUT2D eigenvalue weighted by Crippen LogP contribution is -2.47. The first-order chi connectivity index (χ1) is 19.6. The van der Waals surface area contributed by atoms with Crippen molar-refractivity contribution in [1.82, 2.24) is 20.1 Å². The van der Waals surface area contributed by atoms with Crippen molar-refractivity contribution in [2.45, 2.75) is 69.7 Å². The van der Waals surface area contributed by atoms with Gasteiger partial charge in [-0.05, 0) is 93.1 Å². The zero-order chi connectivity index (χ0) is 27.1. The zero-order valence-corrected chi connectivity index (χ0v) is 23.5. The number of pyridine rings is 1. The van der Waals surface area contributed by atoms with Crippen LogP contribution in [0.4, 0.5) is 0 Å². The van der Waals surface area contributed by atoms with E-state index in [0.29, 0.717) is 5.92 Å². The lowest BCUT2D eigenvalue weighted by molar-refractivity contribution is 0.0609. The third-order valence-electron chi connectivity index (χ3n) is 9.37. The van der Waals surface area contributed by atoms with Gasteiger partial charge in [0.2, 0.25) is 0 Å². The SMILES string of the molecule is C[C@H]1c2cc(O[C@H]3CCN(Cc4ccc5nc(C6CCOCC6)ccc5c4)C3)ccc2C(=O)N1[C@H]1CCCNC1. The van der Waals surface area contributed by atoms with E-state index in [4.69, 9.17) is 14.5 Å². The molecule has 0 bridgehead atoms. The standard InChI is InChI=1S/C33H40N4O3/c1-22-30-18-27(6-7-29(30)33(38)37(22)26-3-2-13-34-19-26)40-28-10-14-36(21-28)20-23-4-8-32-25(17-23)5-9-31(35-32)24-11-15-39-16-12-24/h4-9,17-18,22,24,26,28,34H,2-3,10-16,19-21H2,1H3/t22-,26-,28-/m0/s1. The van der Waals surface area contributed by atoms with Crippen molar-refractivity contribution in [3.05, 3.63) is 70.9 Å². The highest BCUT2D eigenvalue weighted by Gasteiger charge is 2.39. The molecule has 0 radical (unpaired) electrons. The van der Waals surface area contributed by atoms with Gasteiger partial charge >= 0.3 is 0 Å². The molecule has 7 heteroatoms. The first-order valence-electron chi connectivity index (χ1n) is 15.2. The molecule has 0 spiro atoms. The van der Waals surface area contributed by atoms with Gasteiger partial charge < -0.3 is 19.7 Å². The molecule has 0 saturated carbocycles. The van der Waals surface area contributed by atoms with Gasteiger partial charge in [-0.15, -0.1) is 0 Å². The van der Waals surface area contributed by atoms with Crippen LogP contribution in [-0.2, 0) is 11.3 Å². The van der Waals surface area contributed by atoms with Crippen LogP contribution in [0.2, 0.25) is 0 Å². The Morgan fingerprint density at radius 2 is 1.95 bits per heavy atom. The maximum absolute atomic E-state index is 13.2. The summed E-state index contributed by atoms with van der Waals surface area (Å²) in [6.45, 7) is 8.61. The molecule has 3 aromatic rings. The average molecular weight is 541 g/mol. The molecule has 7 nitrogen and oxygen atoms in total. The Kier molecular flexibility index (Phi) is 7.20. The number of nitrogens with one attached hydrogen (secondary N) is 1. The monoisotopic (exact) mass is 540 g/mol. The minimum Gasteiger partial charge on any atom is -0.489 e. The Bertz CT molecular complexity index is 1380. The fourth-order valence-corrected chi connectivity index (χ4v) is 7.17. The number of carbonyl (C=O) groups excluding carboxylic acids is 1. The lowest BCUT2D eigenvalue weighted by Gasteiger charge is -2.34. The number of aromatic nitrogens is 1. The summed E-state index contributed by atoms with van der Waals surface area (Å²) in [6.07, 6.45) is 5.49. The minimum absolute atomic E-state index is 0.0891. The number of nitrogens with zero attached hydrogens (tertiary/aromatic N) is 3. The van der Waals surface area contributed by atoms with Crippen molar-refractivity contribution in [1.29, 1.82) is 0 Å². The topological polar surface area (TPSA) is 66.9 Å². The molecule has 4 aliphatic heterocycles. The fourth-order valence-electron chi connectivity index (χ4n) is 7.17. The summed E-state index contributed by atoms with van der Waals surface area (Å²) in [5.41, 5.74) is 5.54. The predicted octanol–water partition coefficient (Wildman–Crippen LogP) is 5.05. The van der Waals surface area contributed by atoms with Crippen LogP contribution in [0.3, 0.4) is 0 Å². The third-order valence-corrected chi connectivity index (χ3v) is 9.37. The van der Waals surface area contributed by atoms with Gasteiger partial charge in [-0.25, -0.2) is 0 Å². The highest BCUT2D eigenvalue weighted by molar-refractivity contribution is 5.99. The summed E-state index contributed by atoms with van der Waals surface area (Å²) in [4.78, 5) is 22.7. The minimum atomic E-state index is 0.0891. The summed E-state index contributed by atoms with van der Waals surface area (Å²) in [5.74, 6) is 1.56. The molecule has 3 fully saturated rings. The number of likely N-dealkylation sites (tertiary alicyclic amines) is 1. The molecule has 40 heavy (non-hydrogen) atoms. The number of rotatable bonds is 6. The highest BCUT2D eigenvalue weighted by Crippen LogP contribution is 2.38. The smallest absolute Gasteiger partial charge is 0.255 e. The molecule has 3 saturated heterocycles. The molecule has 2 aromatic carbocycles. The van der Waals surface area contributed by atoms with E-state index in [9.17, 15) is 4.79 Å². The van der Waals surface area contributed by atoms with E-state index < -0.39 is 0 Å². The van der Waals surface area contributed by atoms with Crippen molar-refractivity contribution in [2.75, 3.05) is 39.4 Å². The van der Waals surface area contributed by atoms with Crippen LogP contribution in [0.1, 0.15) is 78.2 Å². The third kappa shape index (κ3) is 5.11. The van der Waals surface area contributed by atoms with Crippen molar-refractivity contribution < 1.29 is 14.3 Å². The molecule has 0 aliphatic carbocycles. The number of piperidine rings is 1. The molecule has 4 aliphatic rings. The van der Waals surface area contributed by atoms with E-state index in [1.165, 1.54) is 16.6 Å². The first-order valence-corrected chi connectivity index (χ1v) is 15.2. The van der Waals surface area contributed by atoms with E-state index in [0.717, 1.165) is 100 Å². The van der Waals surface area contributed by atoms with Crippen molar-refractivity contribution >= 4 is 16.8 Å². The second kappa shape index (κ2) is 11.1. The summed E-state index contributed by atoms with van der Waals surface area (Å²) in [6, 6.07) is 17.6. The quantitative estimate of drug-likeness (QED) is 0.472. The van der Waals surface area contributed by atoms with Gasteiger partial charge in [0.05, 0.1) is 11.6 Å². The molecule has 5 heterocycles. The predicted molar refractivity (Wildman–Crippen MR) is 156 cm³/mol. The Labute approximate surface area is 236 Å². The molecule has 0 unspecified atom stereocenters. The van der Waals surface area contributed by atoms with Crippen LogP contribution in [0.15, 0.2) is 48.5 Å². The summed E-state index contributed by atoms with van der Waals surface area (Å²) >= 11 is 0. The Hall–Kier alpha value is -3.00. The van der Waals surface area contributed by atoms with Crippen molar-refractivity contribution in [3.63, 3.8) is 0 Å². The van der Waals surface area contributed by atoms with E-state index in [1.54, 1.807) is 0 Å². The Morgan fingerprint density at radius 3 is 2.80 bits per heavy atom. The summed E-state index contributed by atoms with van der Waals surface area (Å²) in [5, 5.41) is 4.66. The number of ether oxygens (including phenoxy) is 2. The van der Waals surface area contributed by atoms with Gasteiger partial charge in [-0.2, -0.15) is 0 Å². The van der Waals surface area contributed by atoms with E-state index >= 15 is 0 Å². The van der Waals surface area contributed by atoms with E-state index in [2.05, 4.69) is 58.4 Å². The molecule has 1 amide bonds. The van der Waals surface area contributed by atoms with Gasteiger partial charge in [0, 0.05) is 68.0 Å². The number of amides is 1. The van der Waals surface area contributed by atoms with Crippen LogP contribution < -0.4 is 10.1 Å². The van der Waals surface area contributed by atoms with Crippen molar-refractivity contribution in [2.24, 2.45) is 0 Å². The van der Waals surface area contributed by atoms with Gasteiger partial charge in [0.25, 0.3) is 5.91 Å². The highest BCUT2D eigenvalue weighted by atomic mass is 16.5. The van der Waals surface area contributed by atoms with Gasteiger partial charge in [-0.1, -0.05) is 12.1 Å². The largest absolute Gasteiger partial charge is 0.489 e. The van der Waals surface area contributed by atoms with Crippen LogP contribution >= 0.6 is 0 Å². The maximum Gasteiger partial charge on any atom is 0.255 e. The molecular formula is C33H40N4O3. The Balaban J connectivity index is 0.973. The number of carbonyl (C=O) groups is 1.